The van der Waals surface area contributed by atoms with Gasteiger partial charge in [-0.15, -0.1) is 0 Å². The number of likely N-dealkylation sites (tertiary alicyclic amines) is 1. The van der Waals surface area contributed by atoms with Gasteiger partial charge in [0.15, 0.2) is 6.10 Å². The van der Waals surface area contributed by atoms with Gasteiger partial charge in [0.2, 0.25) is 0 Å². The van der Waals surface area contributed by atoms with Crippen molar-refractivity contribution < 1.29 is 14.3 Å². The summed E-state index contributed by atoms with van der Waals surface area (Å²) < 4.78 is 8.47. The van der Waals surface area contributed by atoms with Crippen LogP contribution in [-0.4, -0.2) is 58.7 Å². The van der Waals surface area contributed by atoms with E-state index in [0.29, 0.717) is 50.9 Å². The Labute approximate surface area is 185 Å². The van der Waals surface area contributed by atoms with E-state index < -0.39 is 11.7 Å². The highest BCUT2D eigenvalue weighted by Crippen LogP contribution is 2.40. The lowest BCUT2D eigenvalue weighted by molar-refractivity contribution is -0.171. The van der Waals surface area contributed by atoms with Gasteiger partial charge < -0.3 is 24.8 Å². The highest BCUT2D eigenvalue weighted by molar-refractivity contribution is 5.81. The van der Waals surface area contributed by atoms with Crippen LogP contribution in [0.15, 0.2) is 12.4 Å². The molecule has 1 aromatic rings. The van der Waals surface area contributed by atoms with E-state index in [1.165, 1.54) is 32.1 Å². The molecule has 3 aliphatic rings. The molecule has 0 radical (unpaired) electrons. The molecule has 1 aromatic heterocycles. The second-order valence-electron chi connectivity index (χ2n) is 9.82. The Hall–Kier alpha value is -2.09. The molecule has 1 aliphatic carbocycles. The van der Waals surface area contributed by atoms with Crippen LogP contribution in [0.4, 0.5) is 4.79 Å². The molecule has 2 N–H and O–H groups in total. The molecule has 4 rings (SSSR count). The third kappa shape index (κ3) is 5.05. The van der Waals surface area contributed by atoms with Gasteiger partial charge in [0.05, 0.1) is 6.54 Å². The van der Waals surface area contributed by atoms with Crippen molar-refractivity contribution in [3.05, 3.63) is 18.2 Å². The van der Waals surface area contributed by atoms with Crippen LogP contribution in [0.5, 0.6) is 0 Å². The minimum atomic E-state index is -0.609. The Balaban J connectivity index is 1.35. The number of piperidine rings is 1. The molecule has 2 aliphatic heterocycles. The molecule has 1 spiro atoms. The molecule has 8 heteroatoms. The fraction of sp³-hybridized carbons (Fsp3) is 0.783. The first-order valence-corrected chi connectivity index (χ1v) is 12.0. The van der Waals surface area contributed by atoms with Crippen LogP contribution >= 0.6 is 0 Å². The summed E-state index contributed by atoms with van der Waals surface area (Å²) >= 11 is 0. The first-order valence-electron chi connectivity index (χ1n) is 12.0. The number of nitrogens with zero attached hydrogens (tertiary/aromatic N) is 3. The van der Waals surface area contributed by atoms with Crippen LogP contribution in [0, 0.1) is 11.8 Å². The Morgan fingerprint density at radius 3 is 2.65 bits per heavy atom. The number of hydrogen-bond donors (Lipinski definition) is 2. The quantitative estimate of drug-likeness (QED) is 0.750. The van der Waals surface area contributed by atoms with Crippen LogP contribution in [0.3, 0.4) is 0 Å². The third-order valence-corrected chi connectivity index (χ3v) is 6.96. The molecule has 3 heterocycles. The van der Waals surface area contributed by atoms with Crippen LogP contribution in [0.1, 0.15) is 64.6 Å². The van der Waals surface area contributed by atoms with Gasteiger partial charge in [-0.2, -0.15) is 0 Å². The molecule has 1 atom stereocenters. The van der Waals surface area contributed by atoms with E-state index in [2.05, 4.69) is 29.5 Å². The minimum Gasteiger partial charge on any atom is -0.354 e. The first kappa shape index (κ1) is 22.1. The van der Waals surface area contributed by atoms with E-state index in [-0.39, 0.29) is 11.9 Å². The third-order valence-electron chi connectivity index (χ3n) is 6.96. The number of hydrogen-bond acceptors (Lipinski definition) is 4. The van der Waals surface area contributed by atoms with Gasteiger partial charge in [0.1, 0.15) is 11.4 Å². The van der Waals surface area contributed by atoms with E-state index in [1.807, 2.05) is 15.7 Å². The zero-order valence-electron chi connectivity index (χ0n) is 18.9. The van der Waals surface area contributed by atoms with E-state index in [4.69, 9.17) is 4.74 Å². The number of carbonyl (C=O) groups excluding carboxylic acids is 2. The summed E-state index contributed by atoms with van der Waals surface area (Å²) in [5.41, 5.74) is -0.609. The van der Waals surface area contributed by atoms with Gasteiger partial charge in [-0.3, -0.25) is 4.79 Å². The van der Waals surface area contributed by atoms with Crippen molar-refractivity contribution in [2.45, 2.75) is 77.0 Å². The summed E-state index contributed by atoms with van der Waals surface area (Å²) in [5, 5.41) is 6.14. The number of ether oxygens (including phenoxy) is 1. The maximum Gasteiger partial charge on any atom is 0.317 e. The number of carbonyl (C=O) groups is 2. The molecule has 1 saturated heterocycles. The summed E-state index contributed by atoms with van der Waals surface area (Å²) in [7, 11) is 0. The van der Waals surface area contributed by atoms with Gasteiger partial charge >= 0.3 is 6.03 Å². The molecule has 3 amide bonds. The second-order valence-corrected chi connectivity index (χ2v) is 9.82. The predicted octanol–water partition coefficient (Wildman–Crippen LogP) is 2.64. The fourth-order valence-electron chi connectivity index (χ4n) is 5.10. The second kappa shape index (κ2) is 9.59. The fourth-order valence-corrected chi connectivity index (χ4v) is 5.10. The summed E-state index contributed by atoms with van der Waals surface area (Å²) in [6.07, 6.45) is 10.8. The lowest BCUT2D eigenvalue weighted by Crippen LogP contribution is -2.56. The number of aromatic nitrogens is 2. The van der Waals surface area contributed by atoms with Crippen molar-refractivity contribution in [1.82, 2.24) is 25.1 Å². The van der Waals surface area contributed by atoms with Crippen LogP contribution in [0.2, 0.25) is 0 Å². The zero-order valence-corrected chi connectivity index (χ0v) is 18.9. The maximum absolute atomic E-state index is 12.7. The predicted molar refractivity (Wildman–Crippen MR) is 117 cm³/mol. The Morgan fingerprint density at radius 2 is 1.94 bits per heavy atom. The Bertz CT molecular complexity index is 763. The van der Waals surface area contributed by atoms with E-state index in [0.717, 1.165) is 12.4 Å². The largest absolute Gasteiger partial charge is 0.354 e. The highest BCUT2D eigenvalue weighted by Gasteiger charge is 2.47. The summed E-state index contributed by atoms with van der Waals surface area (Å²) in [6.45, 7) is 7.25. The highest BCUT2D eigenvalue weighted by atomic mass is 16.5. The topological polar surface area (TPSA) is 88.5 Å². The van der Waals surface area contributed by atoms with E-state index in [9.17, 15) is 9.59 Å². The van der Waals surface area contributed by atoms with Crippen molar-refractivity contribution in [3.8, 4) is 0 Å². The monoisotopic (exact) mass is 431 g/mol. The number of rotatable bonds is 5. The normalized spacial score (nSPS) is 23.6. The molecule has 1 saturated carbocycles. The average Bonchev–Trinajstić information content (AvgIpc) is 3.27. The smallest absolute Gasteiger partial charge is 0.317 e. The lowest BCUT2D eigenvalue weighted by Gasteiger charge is -2.45. The number of urea groups is 1. The molecule has 31 heavy (non-hydrogen) atoms. The van der Waals surface area contributed by atoms with Gasteiger partial charge in [0.25, 0.3) is 5.91 Å². The Kier molecular flexibility index (Phi) is 6.84. The number of fused-ring (bicyclic) bond motifs is 2. The number of amides is 3. The van der Waals surface area contributed by atoms with Gasteiger partial charge in [-0.1, -0.05) is 33.1 Å². The van der Waals surface area contributed by atoms with Crippen LogP contribution in [0.25, 0.3) is 0 Å². The Morgan fingerprint density at radius 1 is 1.19 bits per heavy atom. The van der Waals surface area contributed by atoms with Crippen molar-refractivity contribution in [3.63, 3.8) is 0 Å². The van der Waals surface area contributed by atoms with Crippen molar-refractivity contribution in [1.29, 1.82) is 0 Å². The summed E-state index contributed by atoms with van der Waals surface area (Å²) in [6, 6.07) is 0.0193. The van der Waals surface area contributed by atoms with E-state index in [1.54, 1.807) is 6.20 Å². The molecule has 8 nitrogen and oxygen atoms in total. The summed E-state index contributed by atoms with van der Waals surface area (Å²) in [4.78, 5) is 31.9. The minimum absolute atomic E-state index is 0.0193. The van der Waals surface area contributed by atoms with Gasteiger partial charge in [0, 0.05) is 51.4 Å². The SMILES string of the molecule is CC(C)CNC(=O)[C@@H]1Cn2ccnc2C2(CCN(C(=O)NCC3CCCCC3)CC2)O1. The van der Waals surface area contributed by atoms with Gasteiger partial charge in [-0.25, -0.2) is 9.78 Å². The molecular formula is C23H37N5O3. The number of nitrogens with one attached hydrogen (secondary N) is 2. The van der Waals surface area contributed by atoms with Crippen LogP contribution < -0.4 is 10.6 Å². The molecule has 0 bridgehead atoms. The lowest BCUT2D eigenvalue weighted by atomic mass is 9.88. The van der Waals surface area contributed by atoms with Crippen molar-refractivity contribution in [2.24, 2.45) is 11.8 Å². The molecule has 2 fully saturated rings. The zero-order chi connectivity index (χ0) is 21.8. The number of imidazole rings is 1. The molecule has 172 valence electrons. The standard InChI is InChI=1S/C23H37N5O3/c1-17(2)14-25-20(29)19-16-28-13-10-24-21(28)23(31-19)8-11-27(12-9-23)22(30)26-15-18-6-4-3-5-7-18/h10,13,17-19H,3-9,11-12,14-16H2,1-2H3,(H,25,29)(H,26,30)/t19-/m0/s1. The molecule has 0 unspecified atom stereocenters. The maximum atomic E-state index is 12.7. The summed E-state index contributed by atoms with van der Waals surface area (Å²) in [5.74, 6) is 1.82. The van der Waals surface area contributed by atoms with Crippen LogP contribution in [-0.2, 0) is 21.7 Å². The molecular weight excluding hydrogens is 394 g/mol. The molecule has 0 aromatic carbocycles. The van der Waals surface area contributed by atoms with E-state index >= 15 is 0 Å². The van der Waals surface area contributed by atoms with Crippen molar-refractivity contribution >= 4 is 11.9 Å². The average molecular weight is 432 g/mol. The first-order chi connectivity index (χ1) is 15.0. The van der Waals surface area contributed by atoms with Crippen molar-refractivity contribution in [2.75, 3.05) is 26.2 Å². The van der Waals surface area contributed by atoms with Gasteiger partial charge in [-0.05, 0) is 24.7 Å².